The van der Waals surface area contributed by atoms with Crippen molar-refractivity contribution in [1.82, 2.24) is 0 Å². The fourth-order valence-corrected chi connectivity index (χ4v) is 16.1. The molecule has 0 saturated heterocycles. The van der Waals surface area contributed by atoms with Crippen LogP contribution in [0.5, 0.6) is 0 Å². The van der Waals surface area contributed by atoms with Crippen LogP contribution in [0, 0.1) is 5.92 Å². The lowest BCUT2D eigenvalue weighted by Crippen LogP contribution is -2.30. The van der Waals surface area contributed by atoms with Gasteiger partial charge in [-0.15, -0.1) is 0 Å². The topological polar surface area (TPSA) is 237 Å². The summed E-state index contributed by atoms with van der Waals surface area (Å²) >= 11 is 0. The number of unbranched alkanes of at least 4 members (excludes halogenated alkanes) is 63. The molecule has 0 spiro atoms. The predicted molar refractivity (Wildman–Crippen MR) is 460 cm³/mol. The van der Waals surface area contributed by atoms with Crippen molar-refractivity contribution in [2.24, 2.45) is 5.92 Å². The van der Waals surface area contributed by atoms with Gasteiger partial charge in [-0.2, -0.15) is 0 Å². The maximum absolute atomic E-state index is 13.2. The van der Waals surface area contributed by atoms with Gasteiger partial charge in [0.05, 0.1) is 26.4 Å². The Morgan fingerprint density at radius 2 is 0.432 bits per heavy atom. The van der Waals surface area contributed by atoms with Crippen molar-refractivity contribution in [3.05, 3.63) is 0 Å². The summed E-state index contributed by atoms with van der Waals surface area (Å²) in [5, 5.41) is 10.7. The summed E-state index contributed by atoms with van der Waals surface area (Å²) in [5.41, 5.74) is 0. The molecule has 0 bridgehead atoms. The maximum Gasteiger partial charge on any atom is 0.472 e. The van der Waals surface area contributed by atoms with Crippen molar-refractivity contribution in [3.63, 3.8) is 0 Å². The smallest absolute Gasteiger partial charge is 0.462 e. The number of carbonyl (C=O) groups excluding carboxylic acids is 4. The van der Waals surface area contributed by atoms with Gasteiger partial charge in [0.15, 0.2) is 12.2 Å². The standard InChI is InChI=1S/C92H180O17P2/c1-6-10-13-16-19-22-24-26-28-30-32-34-39-43-47-51-56-61-66-71-76-90(95)103-82-88(109-92(97)78-73-68-63-58-53-49-45-41-37-36-38-42-46-50-55-59-64-69-74-85(5)9-4)84-107-111(100,101)105-80-86(93)79-104-110(98,99)106-83-87(81-102-89(94)75-70-65-60-54-21-18-15-12-8-3)108-91(96)77-72-67-62-57-52-48-44-40-35-33-31-29-27-25-23-20-17-14-11-7-2/h85-88,93H,6-84H2,1-5H3,(H,98,99)(H,100,101)/t85?,86-,87+,88+/m0/s1. The fourth-order valence-electron chi connectivity index (χ4n) is 14.5. The van der Waals surface area contributed by atoms with Gasteiger partial charge >= 0.3 is 39.5 Å². The summed E-state index contributed by atoms with van der Waals surface area (Å²) in [6, 6.07) is 0. The van der Waals surface area contributed by atoms with Gasteiger partial charge < -0.3 is 33.8 Å². The molecule has 0 aromatic carbocycles. The van der Waals surface area contributed by atoms with E-state index in [9.17, 15) is 43.2 Å². The first-order valence-electron chi connectivity index (χ1n) is 47.7. The zero-order valence-electron chi connectivity index (χ0n) is 73.1. The van der Waals surface area contributed by atoms with E-state index in [2.05, 4.69) is 34.6 Å². The van der Waals surface area contributed by atoms with Gasteiger partial charge in [-0.1, -0.05) is 452 Å². The first kappa shape index (κ1) is 109. The zero-order valence-corrected chi connectivity index (χ0v) is 74.9. The Hall–Kier alpha value is -1.94. The Morgan fingerprint density at radius 3 is 0.640 bits per heavy atom. The predicted octanol–water partition coefficient (Wildman–Crippen LogP) is 28.7. The van der Waals surface area contributed by atoms with Crippen LogP contribution in [0.3, 0.4) is 0 Å². The Morgan fingerprint density at radius 1 is 0.252 bits per heavy atom. The highest BCUT2D eigenvalue weighted by molar-refractivity contribution is 7.47. The molecule has 660 valence electrons. The molecule has 0 rings (SSSR count). The molecule has 3 N–H and O–H groups in total. The Labute approximate surface area is 683 Å². The molecule has 0 aromatic rings. The molecule has 19 heteroatoms. The number of hydrogen-bond donors (Lipinski definition) is 3. The van der Waals surface area contributed by atoms with Crippen molar-refractivity contribution in [3.8, 4) is 0 Å². The van der Waals surface area contributed by atoms with Crippen LogP contribution in [-0.2, 0) is 65.4 Å². The van der Waals surface area contributed by atoms with Crippen molar-refractivity contribution in [1.29, 1.82) is 0 Å². The van der Waals surface area contributed by atoms with Gasteiger partial charge in [0.2, 0.25) is 0 Å². The zero-order chi connectivity index (χ0) is 81.1. The van der Waals surface area contributed by atoms with Crippen LogP contribution in [0.1, 0.15) is 503 Å². The minimum Gasteiger partial charge on any atom is -0.462 e. The summed E-state index contributed by atoms with van der Waals surface area (Å²) in [4.78, 5) is 73.4. The minimum absolute atomic E-state index is 0.109. The second kappa shape index (κ2) is 84.5. The lowest BCUT2D eigenvalue weighted by atomic mass is 9.99. The van der Waals surface area contributed by atoms with Crippen LogP contribution < -0.4 is 0 Å². The van der Waals surface area contributed by atoms with E-state index in [0.29, 0.717) is 25.7 Å². The van der Waals surface area contributed by atoms with E-state index in [1.54, 1.807) is 0 Å². The summed E-state index contributed by atoms with van der Waals surface area (Å²) in [5.74, 6) is -1.22. The molecule has 6 atom stereocenters. The van der Waals surface area contributed by atoms with Gasteiger partial charge in [0, 0.05) is 25.7 Å². The van der Waals surface area contributed by atoms with Crippen LogP contribution in [0.4, 0.5) is 0 Å². The molecule has 0 aromatic heterocycles. The largest absolute Gasteiger partial charge is 0.472 e. The first-order valence-corrected chi connectivity index (χ1v) is 50.7. The minimum atomic E-state index is -4.97. The SMILES string of the molecule is CCCCCCCCCCCCCCCCCCCCCCC(=O)OC[C@H](COP(=O)(O)OC[C@@H](O)COP(=O)(O)OC[C@@H](COC(=O)CCCCCCCCCCC)OC(=O)CCCCCCCCCCCCCCCCCCCCCC)OC(=O)CCCCCCCCCCCCCCCCCCCCC(C)CC. The average molecular weight is 1620 g/mol. The molecule has 0 saturated carbocycles. The molecule has 3 unspecified atom stereocenters. The third-order valence-corrected chi connectivity index (χ3v) is 24.0. The molecule has 17 nitrogen and oxygen atoms in total. The Balaban J connectivity index is 5.19. The summed E-state index contributed by atoms with van der Waals surface area (Å²) in [6.07, 6.45) is 80.7. The highest BCUT2D eigenvalue weighted by Gasteiger charge is 2.31. The lowest BCUT2D eigenvalue weighted by Gasteiger charge is -2.21. The number of esters is 4. The molecule has 0 aliphatic heterocycles. The van der Waals surface area contributed by atoms with Crippen LogP contribution in [0.2, 0.25) is 0 Å². The quantitative estimate of drug-likeness (QED) is 0.0222. The second-order valence-electron chi connectivity index (χ2n) is 33.3. The molecule has 0 amide bonds. The molecule has 0 heterocycles. The molecular weight excluding hydrogens is 1440 g/mol. The second-order valence-corrected chi connectivity index (χ2v) is 36.2. The van der Waals surface area contributed by atoms with Gasteiger partial charge in [0.1, 0.15) is 19.3 Å². The molecule has 111 heavy (non-hydrogen) atoms. The van der Waals surface area contributed by atoms with E-state index in [0.717, 1.165) is 95.8 Å². The normalized spacial score (nSPS) is 13.9. The van der Waals surface area contributed by atoms with Crippen LogP contribution in [0.25, 0.3) is 0 Å². The molecule has 0 fully saturated rings. The first-order chi connectivity index (χ1) is 54.1. The van der Waals surface area contributed by atoms with Gasteiger partial charge in [0.25, 0.3) is 0 Å². The number of ether oxygens (including phenoxy) is 4. The average Bonchev–Trinajstić information content (AvgIpc) is 0.898. The maximum atomic E-state index is 13.2. The highest BCUT2D eigenvalue weighted by atomic mass is 31.2. The summed E-state index contributed by atoms with van der Waals surface area (Å²) in [6.45, 7) is 7.45. The number of aliphatic hydroxyl groups excluding tert-OH is 1. The highest BCUT2D eigenvalue weighted by Crippen LogP contribution is 2.45. The molecule has 0 aliphatic carbocycles. The van der Waals surface area contributed by atoms with E-state index in [1.165, 1.54) is 327 Å². The van der Waals surface area contributed by atoms with Crippen molar-refractivity contribution < 1.29 is 80.2 Å². The van der Waals surface area contributed by atoms with E-state index in [1.807, 2.05) is 0 Å². The van der Waals surface area contributed by atoms with Gasteiger partial charge in [-0.05, 0) is 31.6 Å². The lowest BCUT2D eigenvalue weighted by molar-refractivity contribution is -0.161. The van der Waals surface area contributed by atoms with E-state index in [-0.39, 0.29) is 25.7 Å². The van der Waals surface area contributed by atoms with Crippen LogP contribution in [0.15, 0.2) is 0 Å². The number of rotatable bonds is 92. The monoisotopic (exact) mass is 1620 g/mol. The number of phosphoric ester groups is 2. The van der Waals surface area contributed by atoms with E-state index < -0.39 is 97.5 Å². The van der Waals surface area contributed by atoms with Crippen molar-refractivity contribution in [2.45, 2.75) is 522 Å². The third kappa shape index (κ3) is 84.3. The van der Waals surface area contributed by atoms with E-state index in [4.69, 9.17) is 37.0 Å². The number of hydrogen-bond acceptors (Lipinski definition) is 15. The Kier molecular flexibility index (Phi) is 83.0. The number of carbonyl (C=O) groups is 4. The van der Waals surface area contributed by atoms with Gasteiger partial charge in [-0.3, -0.25) is 37.3 Å². The number of aliphatic hydroxyl groups is 1. The summed E-state index contributed by atoms with van der Waals surface area (Å²) < 4.78 is 69.0. The number of phosphoric acid groups is 2. The summed E-state index contributed by atoms with van der Waals surface area (Å²) in [7, 11) is -9.93. The fraction of sp³-hybridized carbons (Fsp3) is 0.957. The molecule has 0 radical (unpaired) electrons. The van der Waals surface area contributed by atoms with Crippen molar-refractivity contribution in [2.75, 3.05) is 39.6 Å². The van der Waals surface area contributed by atoms with Crippen LogP contribution in [-0.4, -0.2) is 96.7 Å². The van der Waals surface area contributed by atoms with Crippen LogP contribution >= 0.6 is 15.6 Å². The molecular formula is C92H180O17P2. The Bertz CT molecular complexity index is 2100. The van der Waals surface area contributed by atoms with E-state index >= 15 is 0 Å². The van der Waals surface area contributed by atoms with Crippen molar-refractivity contribution >= 4 is 39.5 Å². The van der Waals surface area contributed by atoms with Gasteiger partial charge in [-0.25, -0.2) is 9.13 Å². The third-order valence-electron chi connectivity index (χ3n) is 22.1. The molecule has 0 aliphatic rings.